The van der Waals surface area contributed by atoms with Crippen LogP contribution < -0.4 is 5.32 Å². The van der Waals surface area contributed by atoms with Gasteiger partial charge < -0.3 is 10.3 Å². The van der Waals surface area contributed by atoms with E-state index < -0.39 is 0 Å². The van der Waals surface area contributed by atoms with E-state index >= 15 is 0 Å². The second-order valence-corrected chi connectivity index (χ2v) is 3.01. The Morgan fingerprint density at radius 1 is 1.40 bits per heavy atom. The number of rotatable bonds is 3. The van der Waals surface area contributed by atoms with Crippen LogP contribution in [-0.4, -0.2) is 20.9 Å². The van der Waals surface area contributed by atoms with Gasteiger partial charge in [-0.15, -0.1) is 0 Å². The molecule has 0 spiro atoms. The number of aromatic nitrogens is 3. The highest BCUT2D eigenvalue weighted by Gasteiger charge is 2.04. The average molecular weight is 202 g/mol. The Bertz CT molecular complexity index is 424. The van der Waals surface area contributed by atoms with Gasteiger partial charge in [0.05, 0.1) is 12.1 Å². The van der Waals surface area contributed by atoms with Crippen LogP contribution in [0.3, 0.4) is 0 Å². The smallest absolute Gasteiger partial charge is 0.254 e. The first-order valence-corrected chi connectivity index (χ1v) is 4.52. The van der Waals surface area contributed by atoms with Crippen LogP contribution in [0.1, 0.15) is 16.1 Å². The molecule has 0 atom stereocenters. The van der Waals surface area contributed by atoms with Gasteiger partial charge in [-0.2, -0.15) is 0 Å². The van der Waals surface area contributed by atoms with Gasteiger partial charge in [-0.1, -0.05) is 0 Å². The second kappa shape index (κ2) is 4.36. The standard InChI is InChI=1S/C10H10N4O/c15-10(8-4-11-7-12-5-8)14-6-9-2-1-3-13-9/h1-5,7,13H,6H2,(H,14,15). The highest BCUT2D eigenvalue weighted by molar-refractivity contribution is 5.93. The van der Waals surface area contributed by atoms with Crippen molar-refractivity contribution in [3.63, 3.8) is 0 Å². The maximum atomic E-state index is 11.5. The molecule has 0 saturated carbocycles. The molecule has 0 unspecified atom stereocenters. The molecular formula is C10H10N4O. The van der Waals surface area contributed by atoms with E-state index in [4.69, 9.17) is 0 Å². The summed E-state index contributed by atoms with van der Waals surface area (Å²) in [6.45, 7) is 0.473. The number of carbonyl (C=O) groups excluding carboxylic acids is 1. The third kappa shape index (κ3) is 2.40. The third-order valence-electron chi connectivity index (χ3n) is 1.92. The van der Waals surface area contributed by atoms with E-state index in [1.54, 1.807) is 0 Å². The summed E-state index contributed by atoms with van der Waals surface area (Å²) >= 11 is 0. The molecule has 0 aliphatic rings. The zero-order chi connectivity index (χ0) is 10.5. The predicted octanol–water partition coefficient (Wildman–Crippen LogP) is 0.735. The van der Waals surface area contributed by atoms with Crippen LogP contribution in [0.4, 0.5) is 0 Å². The fourth-order valence-electron chi connectivity index (χ4n) is 1.17. The lowest BCUT2D eigenvalue weighted by atomic mass is 10.3. The van der Waals surface area contributed by atoms with Gasteiger partial charge in [0.25, 0.3) is 5.91 Å². The Labute approximate surface area is 86.6 Å². The van der Waals surface area contributed by atoms with Crippen molar-refractivity contribution in [1.29, 1.82) is 0 Å². The Morgan fingerprint density at radius 3 is 2.87 bits per heavy atom. The molecule has 0 saturated heterocycles. The molecular weight excluding hydrogens is 192 g/mol. The predicted molar refractivity (Wildman–Crippen MR) is 54.0 cm³/mol. The van der Waals surface area contributed by atoms with Gasteiger partial charge in [0, 0.05) is 24.3 Å². The number of amides is 1. The van der Waals surface area contributed by atoms with Crippen LogP contribution in [0.5, 0.6) is 0 Å². The number of nitrogens with zero attached hydrogens (tertiary/aromatic N) is 2. The molecule has 0 aliphatic heterocycles. The van der Waals surface area contributed by atoms with E-state index in [0.717, 1.165) is 5.69 Å². The van der Waals surface area contributed by atoms with Crippen LogP contribution in [0.2, 0.25) is 0 Å². The van der Waals surface area contributed by atoms with Crippen molar-refractivity contribution in [2.24, 2.45) is 0 Å². The van der Waals surface area contributed by atoms with Crippen molar-refractivity contribution >= 4 is 5.91 Å². The molecule has 2 N–H and O–H groups in total. The summed E-state index contributed by atoms with van der Waals surface area (Å²) in [6, 6.07) is 3.79. The summed E-state index contributed by atoms with van der Waals surface area (Å²) in [7, 11) is 0. The van der Waals surface area contributed by atoms with E-state index in [9.17, 15) is 4.79 Å². The van der Waals surface area contributed by atoms with Crippen molar-refractivity contribution in [1.82, 2.24) is 20.3 Å². The quantitative estimate of drug-likeness (QED) is 0.771. The lowest BCUT2D eigenvalue weighted by Crippen LogP contribution is -2.23. The minimum absolute atomic E-state index is 0.176. The summed E-state index contributed by atoms with van der Waals surface area (Å²) in [5, 5.41) is 2.75. The fraction of sp³-hybridized carbons (Fsp3) is 0.100. The van der Waals surface area contributed by atoms with E-state index in [0.29, 0.717) is 12.1 Å². The Hall–Kier alpha value is -2.17. The monoisotopic (exact) mass is 202 g/mol. The van der Waals surface area contributed by atoms with Gasteiger partial charge in [-0.3, -0.25) is 4.79 Å². The molecule has 2 aromatic heterocycles. The first kappa shape index (κ1) is 9.39. The average Bonchev–Trinajstić information content (AvgIpc) is 2.80. The summed E-state index contributed by atoms with van der Waals surface area (Å²) < 4.78 is 0. The fourth-order valence-corrected chi connectivity index (χ4v) is 1.17. The van der Waals surface area contributed by atoms with Crippen molar-refractivity contribution in [3.8, 4) is 0 Å². The lowest BCUT2D eigenvalue weighted by molar-refractivity contribution is 0.0949. The summed E-state index contributed by atoms with van der Waals surface area (Å²) in [4.78, 5) is 22.1. The van der Waals surface area contributed by atoms with E-state index in [2.05, 4.69) is 20.3 Å². The van der Waals surface area contributed by atoms with Crippen molar-refractivity contribution in [2.45, 2.75) is 6.54 Å². The highest BCUT2D eigenvalue weighted by Crippen LogP contribution is 1.96. The molecule has 0 radical (unpaired) electrons. The second-order valence-electron chi connectivity index (χ2n) is 3.01. The minimum atomic E-state index is -0.176. The van der Waals surface area contributed by atoms with Crippen LogP contribution >= 0.6 is 0 Å². The number of carbonyl (C=O) groups is 1. The molecule has 1 amide bonds. The number of aromatic amines is 1. The largest absolute Gasteiger partial charge is 0.364 e. The Balaban J connectivity index is 1.94. The number of hydrogen-bond donors (Lipinski definition) is 2. The van der Waals surface area contributed by atoms with Gasteiger partial charge in [-0.05, 0) is 12.1 Å². The van der Waals surface area contributed by atoms with Crippen LogP contribution in [0.25, 0.3) is 0 Å². The summed E-state index contributed by atoms with van der Waals surface area (Å²) in [6.07, 6.45) is 6.17. The zero-order valence-corrected chi connectivity index (χ0v) is 7.97. The molecule has 0 fully saturated rings. The van der Waals surface area contributed by atoms with Gasteiger partial charge >= 0.3 is 0 Å². The molecule has 2 rings (SSSR count). The van der Waals surface area contributed by atoms with Crippen molar-refractivity contribution in [2.75, 3.05) is 0 Å². The number of H-pyrrole nitrogens is 1. The molecule has 2 heterocycles. The summed E-state index contributed by atoms with van der Waals surface area (Å²) in [5.41, 5.74) is 1.42. The number of hydrogen-bond acceptors (Lipinski definition) is 3. The maximum absolute atomic E-state index is 11.5. The first-order chi connectivity index (χ1) is 7.36. The molecule has 0 bridgehead atoms. The van der Waals surface area contributed by atoms with Gasteiger partial charge in [0.15, 0.2) is 0 Å². The third-order valence-corrected chi connectivity index (χ3v) is 1.92. The van der Waals surface area contributed by atoms with Gasteiger partial charge in [0.1, 0.15) is 6.33 Å². The molecule has 0 aliphatic carbocycles. The lowest BCUT2D eigenvalue weighted by Gasteiger charge is -2.02. The molecule has 2 aromatic rings. The molecule has 76 valence electrons. The Morgan fingerprint density at radius 2 is 2.20 bits per heavy atom. The molecule has 15 heavy (non-hydrogen) atoms. The highest BCUT2D eigenvalue weighted by atomic mass is 16.1. The molecule has 5 heteroatoms. The van der Waals surface area contributed by atoms with Crippen molar-refractivity contribution in [3.05, 3.63) is 48.3 Å². The van der Waals surface area contributed by atoms with E-state index in [1.807, 2.05) is 18.3 Å². The van der Waals surface area contributed by atoms with Crippen molar-refractivity contribution < 1.29 is 4.79 Å². The van der Waals surface area contributed by atoms with Crippen LogP contribution in [-0.2, 0) is 6.54 Å². The van der Waals surface area contributed by atoms with Crippen LogP contribution in [0.15, 0.2) is 37.1 Å². The Kier molecular flexibility index (Phi) is 2.73. The number of nitrogens with one attached hydrogen (secondary N) is 2. The normalized spacial score (nSPS) is 9.87. The van der Waals surface area contributed by atoms with E-state index in [-0.39, 0.29) is 5.91 Å². The minimum Gasteiger partial charge on any atom is -0.364 e. The van der Waals surface area contributed by atoms with Crippen LogP contribution in [0, 0.1) is 0 Å². The van der Waals surface area contributed by atoms with Gasteiger partial charge in [-0.25, -0.2) is 9.97 Å². The summed E-state index contributed by atoms with van der Waals surface area (Å²) in [5.74, 6) is -0.176. The molecule has 5 nitrogen and oxygen atoms in total. The topological polar surface area (TPSA) is 70.7 Å². The zero-order valence-electron chi connectivity index (χ0n) is 7.97. The SMILES string of the molecule is O=C(NCc1ccc[nH]1)c1cncnc1. The van der Waals surface area contributed by atoms with Gasteiger partial charge in [0.2, 0.25) is 0 Å². The van der Waals surface area contributed by atoms with E-state index in [1.165, 1.54) is 18.7 Å². The molecule has 0 aromatic carbocycles. The first-order valence-electron chi connectivity index (χ1n) is 4.52. The maximum Gasteiger partial charge on any atom is 0.254 e.